The van der Waals surface area contributed by atoms with Crippen molar-refractivity contribution in [2.75, 3.05) is 0 Å². The summed E-state index contributed by atoms with van der Waals surface area (Å²) in [5, 5.41) is 3.16. The molecule has 0 unspecified atom stereocenters. The van der Waals surface area contributed by atoms with Crippen molar-refractivity contribution in [3.05, 3.63) is 71.8 Å². The van der Waals surface area contributed by atoms with Crippen LogP contribution in [0.1, 0.15) is 38.8 Å². The van der Waals surface area contributed by atoms with Crippen LogP contribution in [-0.2, 0) is 27.2 Å². The maximum absolute atomic E-state index is 13.3. The van der Waals surface area contributed by atoms with E-state index < -0.39 is 5.60 Å². The fourth-order valence-electron chi connectivity index (χ4n) is 3.67. The van der Waals surface area contributed by atoms with Crippen molar-refractivity contribution >= 4 is 12.4 Å². The summed E-state index contributed by atoms with van der Waals surface area (Å²) < 4.78 is 5.27. The molecule has 2 rings (SSSR count). The monoisotopic (exact) mass is 381 g/mol. The Morgan fingerprint density at radius 1 is 0.964 bits per heavy atom. The molecule has 0 aliphatic rings. The fraction of sp³-hybridized carbons (Fsp3) is 0.417. The molecule has 28 heavy (non-hydrogen) atoms. The SMILES string of the molecule is CC(C)[C@H](NC(=O)C(Cc1ccccc1)Cc1ccccc1)C(C)(C)OC=O. The third-order valence-corrected chi connectivity index (χ3v) is 5.09. The molecule has 0 heterocycles. The van der Waals surface area contributed by atoms with E-state index in [1.165, 1.54) is 0 Å². The van der Waals surface area contributed by atoms with E-state index in [0.717, 1.165) is 11.1 Å². The number of amides is 1. The number of ether oxygens (including phenoxy) is 1. The van der Waals surface area contributed by atoms with Gasteiger partial charge in [-0.3, -0.25) is 9.59 Å². The molecule has 4 heteroatoms. The lowest BCUT2D eigenvalue weighted by atomic mass is 9.86. The van der Waals surface area contributed by atoms with Gasteiger partial charge >= 0.3 is 0 Å². The smallest absolute Gasteiger partial charge is 0.293 e. The third-order valence-electron chi connectivity index (χ3n) is 5.09. The van der Waals surface area contributed by atoms with Crippen LogP contribution in [0.2, 0.25) is 0 Å². The first kappa shape index (κ1) is 21.7. The van der Waals surface area contributed by atoms with Crippen LogP contribution in [0.15, 0.2) is 60.7 Å². The van der Waals surface area contributed by atoms with Gasteiger partial charge in [0.2, 0.25) is 5.91 Å². The first-order valence-corrected chi connectivity index (χ1v) is 9.83. The average molecular weight is 382 g/mol. The molecule has 4 nitrogen and oxygen atoms in total. The number of hydrogen-bond donors (Lipinski definition) is 1. The van der Waals surface area contributed by atoms with Crippen LogP contribution in [0.5, 0.6) is 0 Å². The maximum atomic E-state index is 13.3. The van der Waals surface area contributed by atoms with E-state index in [0.29, 0.717) is 19.3 Å². The highest BCUT2D eigenvalue weighted by Crippen LogP contribution is 2.23. The summed E-state index contributed by atoms with van der Waals surface area (Å²) in [4.78, 5) is 24.2. The molecule has 0 aliphatic heterocycles. The second kappa shape index (κ2) is 10.1. The van der Waals surface area contributed by atoms with Gasteiger partial charge in [-0.2, -0.15) is 0 Å². The third kappa shape index (κ3) is 6.22. The first-order valence-electron chi connectivity index (χ1n) is 9.83. The van der Waals surface area contributed by atoms with Gasteiger partial charge in [0.1, 0.15) is 5.60 Å². The molecule has 2 aromatic rings. The van der Waals surface area contributed by atoms with Gasteiger partial charge in [0, 0.05) is 5.92 Å². The van der Waals surface area contributed by atoms with Crippen molar-refractivity contribution < 1.29 is 14.3 Å². The number of hydrogen-bond acceptors (Lipinski definition) is 3. The molecule has 0 aromatic heterocycles. The molecule has 0 saturated heterocycles. The van der Waals surface area contributed by atoms with Crippen LogP contribution in [-0.4, -0.2) is 24.0 Å². The van der Waals surface area contributed by atoms with Gasteiger partial charge in [0.15, 0.2) is 0 Å². The summed E-state index contributed by atoms with van der Waals surface area (Å²) in [6.45, 7) is 8.15. The van der Waals surface area contributed by atoms with Gasteiger partial charge in [0.25, 0.3) is 6.47 Å². The van der Waals surface area contributed by atoms with Crippen LogP contribution < -0.4 is 5.32 Å². The largest absolute Gasteiger partial charge is 0.460 e. The Balaban J connectivity index is 2.22. The van der Waals surface area contributed by atoms with Crippen molar-refractivity contribution in [3.63, 3.8) is 0 Å². The van der Waals surface area contributed by atoms with Crippen LogP contribution in [0.4, 0.5) is 0 Å². The van der Waals surface area contributed by atoms with Gasteiger partial charge in [-0.1, -0.05) is 74.5 Å². The van der Waals surface area contributed by atoms with E-state index in [-0.39, 0.29) is 23.8 Å². The quantitative estimate of drug-likeness (QED) is 0.628. The van der Waals surface area contributed by atoms with Crippen molar-refractivity contribution in [2.45, 2.75) is 52.2 Å². The number of benzene rings is 2. The van der Waals surface area contributed by atoms with E-state index in [9.17, 15) is 9.59 Å². The van der Waals surface area contributed by atoms with Crippen LogP contribution in [0.25, 0.3) is 0 Å². The molecule has 1 atom stereocenters. The fourth-order valence-corrected chi connectivity index (χ4v) is 3.67. The van der Waals surface area contributed by atoms with Crippen LogP contribution in [0.3, 0.4) is 0 Å². The minimum Gasteiger partial charge on any atom is -0.460 e. The molecule has 0 fully saturated rings. The second-order valence-corrected chi connectivity index (χ2v) is 8.12. The Bertz CT molecular complexity index is 699. The zero-order chi connectivity index (χ0) is 20.6. The van der Waals surface area contributed by atoms with Crippen LogP contribution >= 0.6 is 0 Å². The normalized spacial score (nSPS) is 12.6. The predicted molar refractivity (Wildman–Crippen MR) is 112 cm³/mol. The second-order valence-electron chi connectivity index (χ2n) is 8.12. The predicted octanol–water partition coefficient (Wildman–Crippen LogP) is 4.18. The summed E-state index contributed by atoms with van der Waals surface area (Å²) in [6, 6.07) is 19.8. The molecule has 0 spiro atoms. The summed E-state index contributed by atoms with van der Waals surface area (Å²) >= 11 is 0. The summed E-state index contributed by atoms with van der Waals surface area (Å²) in [5.41, 5.74) is 1.47. The van der Waals surface area contributed by atoms with Crippen molar-refractivity contribution in [3.8, 4) is 0 Å². The molecule has 0 radical (unpaired) electrons. The summed E-state index contributed by atoms with van der Waals surface area (Å²) in [6.07, 6.45) is 1.31. The molecule has 1 N–H and O–H groups in total. The lowest BCUT2D eigenvalue weighted by Gasteiger charge is -2.36. The Morgan fingerprint density at radius 2 is 1.43 bits per heavy atom. The van der Waals surface area contributed by atoms with Gasteiger partial charge < -0.3 is 10.1 Å². The Kier molecular flexibility index (Phi) is 7.80. The number of nitrogens with one attached hydrogen (secondary N) is 1. The van der Waals surface area contributed by atoms with Gasteiger partial charge in [0.05, 0.1) is 6.04 Å². The highest BCUT2D eigenvalue weighted by molar-refractivity contribution is 5.79. The number of carbonyl (C=O) groups excluding carboxylic acids is 2. The van der Waals surface area contributed by atoms with Crippen molar-refractivity contribution in [2.24, 2.45) is 11.8 Å². The molecule has 0 bridgehead atoms. The van der Waals surface area contributed by atoms with Crippen molar-refractivity contribution in [1.29, 1.82) is 0 Å². The molecule has 0 aliphatic carbocycles. The minimum atomic E-state index is -0.782. The Labute approximate surface area is 168 Å². The lowest BCUT2D eigenvalue weighted by molar-refractivity contribution is -0.147. The number of rotatable bonds is 10. The number of carbonyl (C=O) groups is 2. The maximum Gasteiger partial charge on any atom is 0.293 e. The van der Waals surface area contributed by atoms with E-state index in [4.69, 9.17) is 4.74 Å². The lowest BCUT2D eigenvalue weighted by Crippen LogP contribution is -2.55. The standard InChI is InChI=1S/C24H31NO3/c1-18(2)22(24(3,4)28-17-26)25-23(27)21(15-19-11-7-5-8-12-19)16-20-13-9-6-10-14-20/h5-14,17-18,21-22H,15-16H2,1-4H3,(H,25,27)/t22-/m0/s1. The highest BCUT2D eigenvalue weighted by atomic mass is 16.5. The summed E-state index contributed by atoms with van der Waals surface area (Å²) in [7, 11) is 0. The first-order chi connectivity index (χ1) is 13.3. The topological polar surface area (TPSA) is 55.4 Å². The Morgan fingerprint density at radius 3 is 1.82 bits per heavy atom. The molecular formula is C24H31NO3. The van der Waals surface area contributed by atoms with E-state index in [1.807, 2.05) is 88.4 Å². The van der Waals surface area contributed by atoms with Gasteiger partial charge in [-0.05, 0) is 43.7 Å². The zero-order valence-corrected chi connectivity index (χ0v) is 17.2. The van der Waals surface area contributed by atoms with Crippen LogP contribution in [0, 0.1) is 11.8 Å². The zero-order valence-electron chi connectivity index (χ0n) is 17.2. The molecule has 1 amide bonds. The molecule has 150 valence electrons. The summed E-state index contributed by atoms with van der Waals surface area (Å²) in [5.74, 6) is -0.111. The van der Waals surface area contributed by atoms with Gasteiger partial charge in [-0.25, -0.2) is 0 Å². The van der Waals surface area contributed by atoms with E-state index in [2.05, 4.69) is 5.32 Å². The molecular weight excluding hydrogens is 350 g/mol. The molecule has 0 saturated carbocycles. The van der Waals surface area contributed by atoms with E-state index >= 15 is 0 Å². The Hall–Kier alpha value is -2.62. The molecule has 2 aromatic carbocycles. The van der Waals surface area contributed by atoms with Gasteiger partial charge in [-0.15, -0.1) is 0 Å². The minimum absolute atomic E-state index is 0.0195. The van der Waals surface area contributed by atoms with E-state index in [1.54, 1.807) is 0 Å². The van der Waals surface area contributed by atoms with Crippen molar-refractivity contribution in [1.82, 2.24) is 5.32 Å². The average Bonchev–Trinajstić information content (AvgIpc) is 2.66. The highest BCUT2D eigenvalue weighted by Gasteiger charge is 2.36.